The summed E-state index contributed by atoms with van der Waals surface area (Å²) in [6, 6.07) is 8.06. The Labute approximate surface area is 115 Å². The molecule has 0 saturated heterocycles. The number of carbonyl (C=O) groups is 1. The van der Waals surface area contributed by atoms with Crippen LogP contribution in [-0.2, 0) is 4.79 Å². The maximum atomic E-state index is 12.5. The van der Waals surface area contributed by atoms with Crippen molar-refractivity contribution in [3.05, 3.63) is 29.8 Å². The van der Waals surface area contributed by atoms with Gasteiger partial charge in [-0.2, -0.15) is 0 Å². The Hall–Kier alpha value is -1.51. The van der Waals surface area contributed by atoms with E-state index in [1.807, 2.05) is 29.2 Å². The molecule has 1 amide bonds. The molecular formula is C16H23NO2. The number of rotatable bonds is 1. The summed E-state index contributed by atoms with van der Waals surface area (Å²) in [6.45, 7) is 9.59. The van der Waals surface area contributed by atoms with Gasteiger partial charge in [-0.05, 0) is 18.4 Å². The highest BCUT2D eigenvalue weighted by atomic mass is 16.5. The van der Waals surface area contributed by atoms with Crippen molar-refractivity contribution in [2.24, 2.45) is 5.41 Å². The SMILES string of the molecule is CC1c2ccccc2OCCN1C(=O)CC(C)(C)C. The Morgan fingerprint density at radius 3 is 2.74 bits per heavy atom. The topological polar surface area (TPSA) is 29.5 Å². The predicted octanol–water partition coefficient (Wildman–Crippen LogP) is 3.40. The minimum atomic E-state index is 0.0173. The first-order valence-electron chi connectivity index (χ1n) is 6.90. The number of ether oxygens (including phenoxy) is 1. The van der Waals surface area contributed by atoms with Crippen LogP contribution in [0.5, 0.6) is 5.75 Å². The predicted molar refractivity (Wildman–Crippen MR) is 76.1 cm³/mol. The Balaban J connectivity index is 2.22. The van der Waals surface area contributed by atoms with Crippen LogP contribution in [0.4, 0.5) is 0 Å². The highest BCUT2D eigenvalue weighted by Gasteiger charge is 2.28. The van der Waals surface area contributed by atoms with Crippen LogP contribution in [0.1, 0.15) is 45.7 Å². The summed E-state index contributed by atoms with van der Waals surface area (Å²) in [6.07, 6.45) is 0.569. The highest BCUT2D eigenvalue weighted by molar-refractivity contribution is 5.77. The maximum absolute atomic E-state index is 12.5. The summed E-state index contributed by atoms with van der Waals surface area (Å²) in [5.41, 5.74) is 1.12. The van der Waals surface area contributed by atoms with Crippen LogP contribution in [0.25, 0.3) is 0 Å². The van der Waals surface area contributed by atoms with Crippen LogP contribution in [-0.4, -0.2) is 24.0 Å². The number of benzene rings is 1. The average Bonchev–Trinajstić information content (AvgIpc) is 2.47. The van der Waals surface area contributed by atoms with E-state index in [4.69, 9.17) is 4.74 Å². The zero-order valence-corrected chi connectivity index (χ0v) is 12.3. The molecule has 0 fully saturated rings. The van der Waals surface area contributed by atoms with E-state index in [1.165, 1.54) is 0 Å². The van der Waals surface area contributed by atoms with Gasteiger partial charge in [0.1, 0.15) is 12.4 Å². The van der Waals surface area contributed by atoms with Crippen LogP contribution >= 0.6 is 0 Å². The number of hydrogen-bond donors (Lipinski definition) is 0. The quantitative estimate of drug-likeness (QED) is 0.775. The van der Waals surface area contributed by atoms with Crippen molar-refractivity contribution in [2.75, 3.05) is 13.2 Å². The molecule has 1 aromatic rings. The van der Waals surface area contributed by atoms with Gasteiger partial charge in [-0.25, -0.2) is 0 Å². The molecule has 0 bridgehead atoms. The standard InChI is InChI=1S/C16H23NO2/c1-12-13-7-5-6-8-14(13)19-10-9-17(12)15(18)11-16(2,3)4/h5-8,12H,9-11H2,1-4H3. The first-order valence-corrected chi connectivity index (χ1v) is 6.90. The molecule has 1 aromatic carbocycles. The average molecular weight is 261 g/mol. The minimum absolute atomic E-state index is 0.0173. The molecule has 0 aliphatic carbocycles. The fourth-order valence-electron chi connectivity index (χ4n) is 2.47. The fraction of sp³-hybridized carbons (Fsp3) is 0.562. The molecule has 1 heterocycles. The second-order valence-electron chi connectivity index (χ2n) is 6.39. The van der Waals surface area contributed by atoms with Gasteiger partial charge < -0.3 is 9.64 Å². The molecule has 3 heteroatoms. The van der Waals surface area contributed by atoms with Gasteiger partial charge in [0.05, 0.1) is 12.6 Å². The first-order chi connectivity index (χ1) is 8.88. The normalized spacial score (nSPS) is 19.4. The van der Waals surface area contributed by atoms with Crippen molar-refractivity contribution in [2.45, 2.75) is 40.2 Å². The fourth-order valence-corrected chi connectivity index (χ4v) is 2.47. The maximum Gasteiger partial charge on any atom is 0.223 e. The van der Waals surface area contributed by atoms with Crippen molar-refractivity contribution < 1.29 is 9.53 Å². The summed E-state index contributed by atoms with van der Waals surface area (Å²) < 4.78 is 5.74. The summed E-state index contributed by atoms with van der Waals surface area (Å²) in [5, 5.41) is 0. The molecule has 19 heavy (non-hydrogen) atoms. The van der Waals surface area contributed by atoms with E-state index in [0.717, 1.165) is 11.3 Å². The van der Waals surface area contributed by atoms with Crippen molar-refractivity contribution in [3.8, 4) is 5.75 Å². The monoisotopic (exact) mass is 261 g/mol. The molecule has 0 radical (unpaired) electrons. The van der Waals surface area contributed by atoms with E-state index in [9.17, 15) is 4.79 Å². The van der Waals surface area contributed by atoms with E-state index in [0.29, 0.717) is 19.6 Å². The molecule has 1 aliphatic rings. The first kappa shape index (κ1) is 13.9. The van der Waals surface area contributed by atoms with Crippen molar-refractivity contribution in [1.82, 2.24) is 4.90 Å². The largest absolute Gasteiger partial charge is 0.491 e. The van der Waals surface area contributed by atoms with E-state index < -0.39 is 0 Å². The Morgan fingerprint density at radius 1 is 1.37 bits per heavy atom. The lowest BCUT2D eigenvalue weighted by molar-refractivity contribution is -0.135. The second kappa shape index (κ2) is 5.24. The molecule has 1 aliphatic heterocycles. The number of hydrogen-bond acceptors (Lipinski definition) is 2. The van der Waals surface area contributed by atoms with Gasteiger partial charge in [0.25, 0.3) is 0 Å². The number of nitrogens with zero attached hydrogens (tertiary/aromatic N) is 1. The molecular weight excluding hydrogens is 238 g/mol. The molecule has 1 unspecified atom stereocenters. The Kier molecular flexibility index (Phi) is 3.83. The van der Waals surface area contributed by atoms with Gasteiger partial charge in [-0.15, -0.1) is 0 Å². The molecule has 0 N–H and O–H groups in total. The molecule has 104 valence electrons. The molecule has 0 saturated carbocycles. The van der Waals surface area contributed by atoms with Crippen molar-refractivity contribution >= 4 is 5.91 Å². The number of fused-ring (bicyclic) bond motifs is 1. The van der Waals surface area contributed by atoms with E-state index in [2.05, 4.69) is 27.7 Å². The van der Waals surface area contributed by atoms with Gasteiger partial charge >= 0.3 is 0 Å². The third-order valence-corrected chi connectivity index (χ3v) is 3.43. The highest BCUT2D eigenvalue weighted by Crippen LogP contribution is 2.33. The molecule has 0 aromatic heterocycles. The van der Waals surface area contributed by atoms with Crippen LogP contribution in [0.3, 0.4) is 0 Å². The number of amides is 1. The molecule has 0 spiro atoms. The Bertz CT molecular complexity index is 462. The summed E-state index contributed by atoms with van der Waals surface area (Å²) in [7, 11) is 0. The minimum Gasteiger partial charge on any atom is -0.491 e. The second-order valence-corrected chi connectivity index (χ2v) is 6.39. The van der Waals surface area contributed by atoms with Gasteiger partial charge in [-0.1, -0.05) is 39.0 Å². The van der Waals surface area contributed by atoms with Crippen LogP contribution in [0.15, 0.2) is 24.3 Å². The van der Waals surface area contributed by atoms with Crippen LogP contribution < -0.4 is 4.74 Å². The van der Waals surface area contributed by atoms with Gasteiger partial charge in [0.2, 0.25) is 5.91 Å². The molecule has 2 rings (SSSR count). The summed E-state index contributed by atoms with van der Waals surface area (Å²) in [4.78, 5) is 14.4. The smallest absolute Gasteiger partial charge is 0.223 e. The summed E-state index contributed by atoms with van der Waals surface area (Å²) >= 11 is 0. The zero-order chi connectivity index (χ0) is 14.0. The zero-order valence-electron chi connectivity index (χ0n) is 12.3. The van der Waals surface area contributed by atoms with E-state index in [1.54, 1.807) is 0 Å². The molecule has 3 nitrogen and oxygen atoms in total. The van der Waals surface area contributed by atoms with Crippen molar-refractivity contribution in [3.63, 3.8) is 0 Å². The van der Waals surface area contributed by atoms with Gasteiger partial charge in [0.15, 0.2) is 0 Å². The van der Waals surface area contributed by atoms with E-state index >= 15 is 0 Å². The third-order valence-electron chi connectivity index (χ3n) is 3.43. The Morgan fingerprint density at radius 2 is 2.05 bits per heavy atom. The van der Waals surface area contributed by atoms with Crippen LogP contribution in [0, 0.1) is 5.41 Å². The lowest BCUT2D eigenvalue weighted by Crippen LogP contribution is -2.37. The number of para-hydroxylation sites is 1. The lowest BCUT2D eigenvalue weighted by Gasteiger charge is -2.30. The number of carbonyl (C=O) groups excluding carboxylic acids is 1. The van der Waals surface area contributed by atoms with Crippen LogP contribution in [0.2, 0.25) is 0 Å². The molecule has 1 atom stereocenters. The lowest BCUT2D eigenvalue weighted by atomic mass is 9.91. The summed E-state index contributed by atoms with van der Waals surface area (Å²) in [5.74, 6) is 1.11. The van der Waals surface area contributed by atoms with Gasteiger partial charge in [-0.3, -0.25) is 4.79 Å². The van der Waals surface area contributed by atoms with Crippen molar-refractivity contribution in [1.29, 1.82) is 0 Å². The van der Waals surface area contributed by atoms with Gasteiger partial charge in [0, 0.05) is 12.0 Å². The third kappa shape index (κ3) is 3.28. The van der Waals surface area contributed by atoms with E-state index in [-0.39, 0.29) is 17.4 Å².